The van der Waals surface area contributed by atoms with Gasteiger partial charge in [-0.3, -0.25) is 4.90 Å². The first-order valence-corrected chi connectivity index (χ1v) is 6.12. The van der Waals surface area contributed by atoms with Crippen molar-refractivity contribution in [3.05, 3.63) is 0 Å². The van der Waals surface area contributed by atoms with Crippen molar-refractivity contribution in [2.75, 3.05) is 26.3 Å². The Morgan fingerprint density at radius 1 is 1.07 bits per heavy atom. The molecule has 1 aliphatic heterocycles. The Balaban J connectivity index is 2.62. The second-order valence-electron chi connectivity index (χ2n) is 4.28. The predicted molar refractivity (Wildman–Crippen MR) is 60.6 cm³/mol. The lowest BCUT2D eigenvalue weighted by atomic mass is 9.85. The minimum atomic E-state index is 0.457. The first kappa shape index (κ1) is 12.0. The van der Waals surface area contributed by atoms with Crippen LogP contribution < -0.4 is 0 Å². The van der Waals surface area contributed by atoms with Gasteiger partial charge in [-0.15, -0.1) is 0 Å². The smallest absolute Gasteiger partial charge is 0.0594 e. The van der Waals surface area contributed by atoms with Crippen LogP contribution in [0.4, 0.5) is 0 Å². The van der Waals surface area contributed by atoms with Crippen LogP contribution in [0.3, 0.4) is 0 Å². The van der Waals surface area contributed by atoms with Crippen molar-refractivity contribution in [1.82, 2.24) is 4.90 Å². The fourth-order valence-corrected chi connectivity index (χ4v) is 2.71. The van der Waals surface area contributed by atoms with Gasteiger partial charge in [-0.05, 0) is 19.3 Å². The van der Waals surface area contributed by atoms with Gasteiger partial charge in [-0.1, -0.05) is 27.2 Å². The maximum Gasteiger partial charge on any atom is 0.0594 e. The quantitative estimate of drug-likeness (QED) is 0.675. The van der Waals surface area contributed by atoms with Crippen molar-refractivity contribution in [2.24, 2.45) is 0 Å². The molecule has 1 fully saturated rings. The Morgan fingerprint density at radius 2 is 1.64 bits per heavy atom. The molecule has 0 N–H and O–H groups in total. The molecule has 1 heterocycles. The molecule has 2 heteroatoms. The maximum atomic E-state index is 5.42. The monoisotopic (exact) mass is 199 g/mol. The van der Waals surface area contributed by atoms with E-state index in [1.165, 1.54) is 25.7 Å². The van der Waals surface area contributed by atoms with Gasteiger partial charge >= 0.3 is 0 Å². The van der Waals surface area contributed by atoms with Crippen molar-refractivity contribution >= 4 is 0 Å². The fraction of sp³-hybridized carbons (Fsp3) is 1.00. The number of hydrogen-bond donors (Lipinski definition) is 0. The van der Waals surface area contributed by atoms with E-state index in [9.17, 15) is 0 Å². The topological polar surface area (TPSA) is 12.5 Å². The van der Waals surface area contributed by atoms with E-state index in [0.29, 0.717) is 5.54 Å². The molecule has 1 rings (SSSR count). The molecule has 0 bridgehead atoms. The summed E-state index contributed by atoms with van der Waals surface area (Å²) >= 11 is 0. The Hall–Kier alpha value is -0.0800. The highest BCUT2D eigenvalue weighted by Crippen LogP contribution is 2.29. The molecule has 1 saturated heterocycles. The molecule has 0 spiro atoms. The first-order chi connectivity index (χ1) is 6.79. The van der Waals surface area contributed by atoms with Crippen molar-refractivity contribution < 1.29 is 4.74 Å². The fourth-order valence-electron chi connectivity index (χ4n) is 2.71. The minimum absolute atomic E-state index is 0.457. The summed E-state index contributed by atoms with van der Waals surface area (Å²) in [6.07, 6.45) is 5.17. The van der Waals surface area contributed by atoms with Gasteiger partial charge in [0.15, 0.2) is 0 Å². The zero-order valence-electron chi connectivity index (χ0n) is 10.0. The van der Waals surface area contributed by atoms with Crippen LogP contribution in [0.5, 0.6) is 0 Å². The third-order valence-corrected chi connectivity index (χ3v) is 3.71. The molecule has 0 atom stereocenters. The van der Waals surface area contributed by atoms with Gasteiger partial charge in [-0.2, -0.15) is 0 Å². The Bertz CT molecular complexity index is 148. The predicted octanol–water partition coefficient (Wildman–Crippen LogP) is 2.68. The van der Waals surface area contributed by atoms with E-state index in [-0.39, 0.29) is 0 Å². The van der Waals surface area contributed by atoms with Crippen molar-refractivity contribution in [1.29, 1.82) is 0 Å². The van der Waals surface area contributed by atoms with Crippen molar-refractivity contribution in [3.8, 4) is 0 Å². The van der Waals surface area contributed by atoms with Gasteiger partial charge in [0, 0.05) is 18.6 Å². The van der Waals surface area contributed by atoms with Crippen LogP contribution in [-0.2, 0) is 4.74 Å². The molecular weight excluding hydrogens is 174 g/mol. The summed E-state index contributed by atoms with van der Waals surface area (Å²) in [6.45, 7) is 11.0. The molecule has 0 aliphatic carbocycles. The largest absolute Gasteiger partial charge is 0.379 e. The highest BCUT2D eigenvalue weighted by atomic mass is 16.5. The molecule has 0 unspecified atom stereocenters. The molecule has 14 heavy (non-hydrogen) atoms. The highest BCUT2D eigenvalue weighted by Gasteiger charge is 2.33. The van der Waals surface area contributed by atoms with Crippen LogP contribution >= 0.6 is 0 Å². The van der Waals surface area contributed by atoms with Crippen LogP contribution in [0.2, 0.25) is 0 Å². The van der Waals surface area contributed by atoms with E-state index < -0.39 is 0 Å². The number of hydrogen-bond acceptors (Lipinski definition) is 2. The third-order valence-electron chi connectivity index (χ3n) is 3.71. The Morgan fingerprint density at radius 3 is 2.07 bits per heavy atom. The SMILES string of the molecule is CCCC(CC)(CC)N1CCOCC1. The van der Waals surface area contributed by atoms with E-state index in [1.807, 2.05) is 0 Å². The lowest BCUT2D eigenvalue weighted by Gasteiger charge is -2.45. The average Bonchev–Trinajstić information content (AvgIpc) is 2.27. The molecular formula is C12H25NO. The second-order valence-corrected chi connectivity index (χ2v) is 4.28. The van der Waals surface area contributed by atoms with Crippen molar-refractivity contribution in [2.45, 2.75) is 52.0 Å². The molecule has 0 radical (unpaired) electrons. The van der Waals surface area contributed by atoms with Gasteiger partial charge < -0.3 is 4.74 Å². The van der Waals surface area contributed by atoms with Crippen LogP contribution in [0.1, 0.15) is 46.5 Å². The molecule has 0 amide bonds. The van der Waals surface area contributed by atoms with Crippen LogP contribution in [-0.4, -0.2) is 36.7 Å². The van der Waals surface area contributed by atoms with Gasteiger partial charge in [0.05, 0.1) is 13.2 Å². The number of rotatable bonds is 5. The van der Waals surface area contributed by atoms with E-state index in [0.717, 1.165) is 26.3 Å². The Kier molecular flexibility index (Phi) is 4.90. The van der Waals surface area contributed by atoms with E-state index in [4.69, 9.17) is 4.74 Å². The minimum Gasteiger partial charge on any atom is -0.379 e. The highest BCUT2D eigenvalue weighted by molar-refractivity contribution is 4.88. The molecule has 0 saturated carbocycles. The summed E-state index contributed by atoms with van der Waals surface area (Å²) in [4.78, 5) is 2.65. The van der Waals surface area contributed by atoms with Crippen LogP contribution in [0, 0.1) is 0 Å². The average molecular weight is 199 g/mol. The lowest BCUT2D eigenvalue weighted by molar-refractivity contribution is -0.0300. The summed E-state index contributed by atoms with van der Waals surface area (Å²) in [5.41, 5.74) is 0.457. The van der Waals surface area contributed by atoms with Crippen LogP contribution in [0.25, 0.3) is 0 Å². The van der Waals surface area contributed by atoms with Gasteiger partial charge in [0.2, 0.25) is 0 Å². The zero-order chi connectivity index (χ0) is 10.4. The zero-order valence-corrected chi connectivity index (χ0v) is 10.0. The summed E-state index contributed by atoms with van der Waals surface area (Å²) in [7, 11) is 0. The summed E-state index contributed by atoms with van der Waals surface area (Å²) in [5, 5.41) is 0. The summed E-state index contributed by atoms with van der Waals surface area (Å²) in [6, 6.07) is 0. The lowest BCUT2D eigenvalue weighted by Crippen LogP contribution is -2.52. The van der Waals surface area contributed by atoms with Crippen LogP contribution in [0.15, 0.2) is 0 Å². The molecule has 0 aromatic heterocycles. The van der Waals surface area contributed by atoms with Gasteiger partial charge in [0.25, 0.3) is 0 Å². The normalized spacial score (nSPS) is 19.9. The van der Waals surface area contributed by atoms with Gasteiger partial charge in [0.1, 0.15) is 0 Å². The van der Waals surface area contributed by atoms with E-state index in [2.05, 4.69) is 25.7 Å². The van der Waals surface area contributed by atoms with Gasteiger partial charge in [-0.25, -0.2) is 0 Å². The number of nitrogens with zero attached hydrogens (tertiary/aromatic N) is 1. The maximum absolute atomic E-state index is 5.42. The van der Waals surface area contributed by atoms with Crippen molar-refractivity contribution in [3.63, 3.8) is 0 Å². The standard InChI is InChI=1S/C12H25NO/c1-4-7-12(5-2,6-3)13-8-10-14-11-9-13/h4-11H2,1-3H3. The molecule has 0 aromatic carbocycles. The number of morpholine rings is 1. The van der Waals surface area contributed by atoms with E-state index >= 15 is 0 Å². The second kappa shape index (κ2) is 5.72. The summed E-state index contributed by atoms with van der Waals surface area (Å²) < 4.78 is 5.42. The number of ether oxygens (including phenoxy) is 1. The van der Waals surface area contributed by atoms with E-state index in [1.54, 1.807) is 0 Å². The molecule has 84 valence electrons. The molecule has 1 aliphatic rings. The first-order valence-electron chi connectivity index (χ1n) is 6.12. The summed E-state index contributed by atoms with van der Waals surface area (Å²) in [5.74, 6) is 0. The third kappa shape index (κ3) is 2.48. The molecule has 0 aromatic rings. The Labute approximate surface area is 88.6 Å². The molecule has 2 nitrogen and oxygen atoms in total.